The summed E-state index contributed by atoms with van der Waals surface area (Å²) in [7, 11) is 0. The molecule has 0 radical (unpaired) electrons. The van der Waals surface area contributed by atoms with E-state index in [0.717, 1.165) is 65.9 Å². The number of fused-ring (bicyclic) bond motifs is 1. The molecule has 31 heavy (non-hydrogen) atoms. The number of ether oxygens (including phenoxy) is 2. The lowest BCUT2D eigenvalue weighted by molar-refractivity contribution is 0.0513. The zero-order valence-electron chi connectivity index (χ0n) is 18.8. The predicted molar refractivity (Wildman–Crippen MR) is 128 cm³/mol. The molecular weight excluding hydrogens is 414 g/mol. The molecule has 6 nitrogen and oxygen atoms in total. The Morgan fingerprint density at radius 1 is 1.16 bits per heavy atom. The third kappa shape index (κ3) is 5.76. The van der Waals surface area contributed by atoms with Gasteiger partial charge in [-0.3, -0.25) is 0 Å². The van der Waals surface area contributed by atoms with Crippen LogP contribution in [0.1, 0.15) is 54.9 Å². The SMILES string of the molecule is Cc1c(C)c2c(c(C)c1O)CCC(C)(CCCCOc1cccc(N=C(N)N)c1)O2.Cl. The molecule has 1 heterocycles. The Morgan fingerprint density at radius 2 is 1.90 bits per heavy atom. The van der Waals surface area contributed by atoms with Gasteiger partial charge in [0.2, 0.25) is 0 Å². The second-order valence-electron chi connectivity index (χ2n) is 8.42. The third-order valence-electron chi connectivity index (χ3n) is 6.04. The lowest BCUT2D eigenvalue weighted by Gasteiger charge is -2.38. The Hall–Kier alpha value is -2.60. The molecule has 2 aromatic carbocycles. The molecule has 1 atom stereocenters. The normalized spacial score (nSPS) is 17.2. The summed E-state index contributed by atoms with van der Waals surface area (Å²) in [4.78, 5) is 4.04. The van der Waals surface area contributed by atoms with Crippen LogP contribution in [0.3, 0.4) is 0 Å². The molecule has 1 aliphatic rings. The zero-order chi connectivity index (χ0) is 21.9. The van der Waals surface area contributed by atoms with Crippen LogP contribution < -0.4 is 20.9 Å². The van der Waals surface area contributed by atoms with Crippen molar-refractivity contribution in [3.8, 4) is 17.2 Å². The Bertz CT molecular complexity index is 958. The zero-order valence-corrected chi connectivity index (χ0v) is 19.6. The summed E-state index contributed by atoms with van der Waals surface area (Å²) < 4.78 is 12.3. The van der Waals surface area contributed by atoms with E-state index in [1.807, 2.05) is 45.0 Å². The molecule has 0 fully saturated rings. The van der Waals surface area contributed by atoms with E-state index in [-0.39, 0.29) is 24.0 Å². The summed E-state index contributed by atoms with van der Waals surface area (Å²) in [6.45, 7) is 8.78. The van der Waals surface area contributed by atoms with Gasteiger partial charge in [0.15, 0.2) is 5.96 Å². The van der Waals surface area contributed by atoms with Crippen LogP contribution in [-0.2, 0) is 6.42 Å². The highest BCUT2D eigenvalue weighted by molar-refractivity contribution is 5.85. The minimum atomic E-state index is -0.194. The summed E-state index contributed by atoms with van der Waals surface area (Å²) in [6.07, 6.45) is 4.78. The number of phenolic OH excluding ortho intramolecular Hbond substituents is 1. The second-order valence-corrected chi connectivity index (χ2v) is 8.42. The van der Waals surface area contributed by atoms with E-state index in [1.165, 1.54) is 0 Å². The van der Waals surface area contributed by atoms with Crippen LogP contribution in [0.15, 0.2) is 29.3 Å². The second kappa shape index (κ2) is 10.1. The summed E-state index contributed by atoms with van der Waals surface area (Å²) in [5, 5.41) is 10.3. The number of nitrogens with two attached hydrogens (primary N) is 2. The summed E-state index contributed by atoms with van der Waals surface area (Å²) >= 11 is 0. The van der Waals surface area contributed by atoms with Crippen molar-refractivity contribution in [3.63, 3.8) is 0 Å². The van der Waals surface area contributed by atoms with E-state index in [1.54, 1.807) is 0 Å². The van der Waals surface area contributed by atoms with Crippen molar-refractivity contribution in [1.82, 2.24) is 0 Å². The van der Waals surface area contributed by atoms with Crippen molar-refractivity contribution in [2.45, 2.75) is 65.4 Å². The van der Waals surface area contributed by atoms with Gasteiger partial charge in [0.05, 0.1) is 12.3 Å². The highest BCUT2D eigenvalue weighted by Gasteiger charge is 2.34. The number of hydrogen-bond donors (Lipinski definition) is 3. The largest absolute Gasteiger partial charge is 0.507 e. The van der Waals surface area contributed by atoms with Gasteiger partial charge >= 0.3 is 0 Å². The number of aromatic hydroxyl groups is 1. The molecule has 0 amide bonds. The first-order valence-corrected chi connectivity index (χ1v) is 10.5. The van der Waals surface area contributed by atoms with E-state index in [4.69, 9.17) is 20.9 Å². The van der Waals surface area contributed by atoms with Crippen LogP contribution in [0.5, 0.6) is 17.2 Å². The molecule has 1 unspecified atom stereocenters. The molecule has 0 aliphatic carbocycles. The first-order valence-electron chi connectivity index (χ1n) is 10.5. The van der Waals surface area contributed by atoms with Crippen LogP contribution in [-0.4, -0.2) is 23.3 Å². The number of rotatable bonds is 7. The van der Waals surface area contributed by atoms with E-state index < -0.39 is 0 Å². The van der Waals surface area contributed by atoms with Gasteiger partial charge in [0, 0.05) is 11.6 Å². The molecule has 0 bridgehead atoms. The minimum Gasteiger partial charge on any atom is -0.507 e. The summed E-state index contributed by atoms with van der Waals surface area (Å²) in [5.74, 6) is 2.15. The van der Waals surface area contributed by atoms with Gasteiger partial charge in [-0.15, -0.1) is 12.4 Å². The minimum absolute atomic E-state index is 0. The highest BCUT2D eigenvalue weighted by atomic mass is 35.5. The standard InChI is InChI=1S/C24H33N3O3.ClH/c1-15-16(2)22-20(17(3)21(15)28)10-12-24(4,30-22)11-5-6-13-29-19-9-7-8-18(14-19)27-23(25)26;/h7-9,14,28H,5-6,10-13H2,1-4H3,(H4,25,26,27);1H. The van der Waals surface area contributed by atoms with Crippen LogP contribution in [0, 0.1) is 20.8 Å². The number of hydrogen-bond acceptors (Lipinski definition) is 4. The molecule has 0 saturated heterocycles. The fourth-order valence-electron chi connectivity index (χ4n) is 4.05. The average molecular weight is 448 g/mol. The number of aliphatic imine (C=N–C) groups is 1. The fourth-order valence-corrected chi connectivity index (χ4v) is 4.05. The predicted octanol–water partition coefficient (Wildman–Crippen LogP) is 4.98. The van der Waals surface area contributed by atoms with Crippen LogP contribution >= 0.6 is 12.4 Å². The summed E-state index contributed by atoms with van der Waals surface area (Å²) in [5.41, 5.74) is 15.4. The monoisotopic (exact) mass is 447 g/mol. The molecule has 3 rings (SSSR count). The summed E-state index contributed by atoms with van der Waals surface area (Å²) in [6, 6.07) is 7.43. The van der Waals surface area contributed by atoms with Crippen molar-refractivity contribution in [2.24, 2.45) is 16.5 Å². The van der Waals surface area contributed by atoms with E-state index >= 15 is 0 Å². The third-order valence-corrected chi connectivity index (χ3v) is 6.04. The Morgan fingerprint density at radius 3 is 2.61 bits per heavy atom. The Balaban J connectivity index is 0.00000341. The number of guanidine groups is 1. The molecule has 2 aromatic rings. The Kier molecular flexibility index (Phi) is 8.07. The van der Waals surface area contributed by atoms with Gasteiger partial charge in [0.1, 0.15) is 22.8 Å². The first-order chi connectivity index (χ1) is 14.2. The number of benzene rings is 2. The number of halogens is 1. The van der Waals surface area contributed by atoms with Gasteiger partial charge in [-0.05, 0) is 88.6 Å². The topological polar surface area (TPSA) is 103 Å². The van der Waals surface area contributed by atoms with Crippen LogP contribution in [0.25, 0.3) is 0 Å². The lowest BCUT2D eigenvalue weighted by atomic mass is 9.85. The maximum atomic E-state index is 10.3. The van der Waals surface area contributed by atoms with Crippen LogP contribution in [0.4, 0.5) is 5.69 Å². The van der Waals surface area contributed by atoms with Crippen molar-refractivity contribution >= 4 is 24.1 Å². The van der Waals surface area contributed by atoms with Gasteiger partial charge < -0.3 is 26.0 Å². The van der Waals surface area contributed by atoms with Crippen molar-refractivity contribution < 1.29 is 14.6 Å². The van der Waals surface area contributed by atoms with Crippen molar-refractivity contribution in [1.29, 1.82) is 0 Å². The van der Waals surface area contributed by atoms with Gasteiger partial charge in [0.25, 0.3) is 0 Å². The number of phenols is 1. The molecule has 0 aromatic heterocycles. The lowest BCUT2D eigenvalue weighted by Crippen LogP contribution is -2.37. The van der Waals surface area contributed by atoms with E-state index in [2.05, 4.69) is 11.9 Å². The highest BCUT2D eigenvalue weighted by Crippen LogP contribution is 2.44. The van der Waals surface area contributed by atoms with Crippen LogP contribution in [0.2, 0.25) is 0 Å². The van der Waals surface area contributed by atoms with Gasteiger partial charge in [-0.2, -0.15) is 0 Å². The fraction of sp³-hybridized carbons (Fsp3) is 0.458. The molecule has 5 N–H and O–H groups in total. The van der Waals surface area contributed by atoms with Gasteiger partial charge in [-0.1, -0.05) is 6.07 Å². The van der Waals surface area contributed by atoms with Gasteiger partial charge in [-0.25, -0.2) is 4.99 Å². The molecule has 1 aliphatic heterocycles. The molecule has 170 valence electrons. The smallest absolute Gasteiger partial charge is 0.191 e. The maximum absolute atomic E-state index is 10.3. The molecule has 0 spiro atoms. The number of unbranched alkanes of at least 4 members (excludes halogenated alkanes) is 1. The molecule has 0 saturated carbocycles. The average Bonchev–Trinajstić information content (AvgIpc) is 2.70. The van der Waals surface area contributed by atoms with Crippen molar-refractivity contribution in [3.05, 3.63) is 46.5 Å². The molecular formula is C24H34ClN3O3. The number of nitrogens with zero attached hydrogens (tertiary/aromatic N) is 1. The quantitative estimate of drug-likeness (QED) is 0.315. The maximum Gasteiger partial charge on any atom is 0.191 e. The Labute approximate surface area is 191 Å². The van der Waals surface area contributed by atoms with Crippen molar-refractivity contribution in [2.75, 3.05) is 6.61 Å². The van der Waals surface area contributed by atoms with E-state index in [0.29, 0.717) is 18.0 Å². The molecule has 7 heteroatoms. The van der Waals surface area contributed by atoms with E-state index in [9.17, 15) is 5.11 Å². The first kappa shape index (κ1) is 24.7.